The number of piperidine rings is 1. The second-order valence-corrected chi connectivity index (χ2v) is 8.50. The molecule has 0 bridgehead atoms. The second-order valence-electron chi connectivity index (χ2n) is 6.79. The van der Waals surface area contributed by atoms with Gasteiger partial charge in [-0.2, -0.15) is 0 Å². The molecule has 6 nitrogen and oxygen atoms in total. The Morgan fingerprint density at radius 3 is 2.75 bits per heavy atom. The van der Waals surface area contributed by atoms with Crippen LogP contribution in [0.15, 0.2) is 23.1 Å². The number of fused-ring (bicyclic) bond motifs is 1. The summed E-state index contributed by atoms with van der Waals surface area (Å²) in [6.45, 7) is 3.90. The van der Waals surface area contributed by atoms with E-state index in [9.17, 15) is 13.2 Å². The molecule has 1 fully saturated rings. The molecule has 2 aliphatic rings. The third-order valence-corrected chi connectivity index (χ3v) is 6.33. The SMILES string of the molecule is CC(=O)N1CCCc2ccc(S(=O)(=O)NC3CCCN(C)C3)cc21. The number of anilines is 1. The molecule has 0 aliphatic carbocycles. The number of aryl methyl sites for hydroxylation is 1. The molecule has 24 heavy (non-hydrogen) atoms. The number of rotatable bonds is 3. The number of sulfonamides is 1. The van der Waals surface area contributed by atoms with Gasteiger partial charge in [-0.3, -0.25) is 4.79 Å². The summed E-state index contributed by atoms with van der Waals surface area (Å²) in [7, 11) is -1.58. The number of nitrogens with zero attached hydrogens (tertiary/aromatic N) is 2. The Labute approximate surface area is 143 Å². The van der Waals surface area contributed by atoms with Crippen LogP contribution in [0, 0.1) is 0 Å². The first kappa shape index (κ1) is 17.4. The van der Waals surface area contributed by atoms with Crippen LogP contribution in [0.1, 0.15) is 31.7 Å². The van der Waals surface area contributed by atoms with Crippen molar-refractivity contribution in [3.63, 3.8) is 0 Å². The molecule has 1 N–H and O–H groups in total. The summed E-state index contributed by atoms with van der Waals surface area (Å²) < 4.78 is 28.3. The summed E-state index contributed by atoms with van der Waals surface area (Å²) in [5.41, 5.74) is 1.77. The Bertz CT molecular complexity index is 733. The van der Waals surface area contributed by atoms with E-state index in [4.69, 9.17) is 0 Å². The molecule has 132 valence electrons. The Hall–Kier alpha value is -1.44. The van der Waals surface area contributed by atoms with Crippen molar-refractivity contribution in [2.45, 2.75) is 43.5 Å². The van der Waals surface area contributed by atoms with Gasteiger partial charge in [0.25, 0.3) is 0 Å². The normalized spacial score (nSPS) is 22.2. The van der Waals surface area contributed by atoms with Crippen molar-refractivity contribution in [3.8, 4) is 0 Å². The molecule has 0 aromatic heterocycles. The highest BCUT2D eigenvalue weighted by Crippen LogP contribution is 2.30. The zero-order valence-corrected chi connectivity index (χ0v) is 15.1. The van der Waals surface area contributed by atoms with Gasteiger partial charge in [0.15, 0.2) is 0 Å². The number of nitrogens with one attached hydrogen (secondary N) is 1. The number of carbonyl (C=O) groups excluding carboxylic acids is 1. The summed E-state index contributed by atoms with van der Waals surface area (Å²) in [6, 6.07) is 5.07. The lowest BCUT2D eigenvalue weighted by Crippen LogP contribution is -2.46. The molecule has 1 atom stereocenters. The quantitative estimate of drug-likeness (QED) is 0.893. The van der Waals surface area contributed by atoms with E-state index in [1.54, 1.807) is 17.0 Å². The van der Waals surface area contributed by atoms with E-state index in [1.165, 1.54) is 6.92 Å². The first-order valence-electron chi connectivity index (χ1n) is 8.49. The molecule has 1 aromatic carbocycles. The second kappa shape index (κ2) is 6.82. The maximum atomic E-state index is 12.7. The molecule has 1 aromatic rings. The molecule has 1 saturated heterocycles. The summed E-state index contributed by atoms with van der Waals surface area (Å²) in [5, 5.41) is 0. The molecule has 2 aliphatic heterocycles. The summed E-state index contributed by atoms with van der Waals surface area (Å²) in [5.74, 6) is -0.0487. The number of hydrogen-bond donors (Lipinski definition) is 1. The van der Waals surface area contributed by atoms with Gasteiger partial charge in [-0.15, -0.1) is 0 Å². The lowest BCUT2D eigenvalue weighted by molar-refractivity contribution is -0.116. The van der Waals surface area contributed by atoms with Crippen LogP contribution in [-0.2, 0) is 21.2 Å². The van der Waals surface area contributed by atoms with Crippen molar-refractivity contribution in [1.82, 2.24) is 9.62 Å². The van der Waals surface area contributed by atoms with Crippen LogP contribution in [0.25, 0.3) is 0 Å². The molecule has 1 unspecified atom stereocenters. The Kier molecular flexibility index (Phi) is 4.94. The maximum Gasteiger partial charge on any atom is 0.240 e. The van der Waals surface area contributed by atoms with E-state index >= 15 is 0 Å². The zero-order valence-electron chi connectivity index (χ0n) is 14.3. The van der Waals surface area contributed by atoms with Crippen LogP contribution in [0.2, 0.25) is 0 Å². The molecule has 1 amide bonds. The third-order valence-electron chi connectivity index (χ3n) is 4.81. The number of likely N-dealkylation sites (tertiary alicyclic amines) is 1. The monoisotopic (exact) mass is 351 g/mol. The van der Waals surface area contributed by atoms with Gasteiger partial charge in [-0.1, -0.05) is 6.07 Å². The minimum absolute atomic E-state index is 0.0487. The van der Waals surface area contributed by atoms with Crippen LogP contribution in [0.3, 0.4) is 0 Å². The molecular weight excluding hydrogens is 326 g/mol. The maximum absolute atomic E-state index is 12.7. The summed E-state index contributed by atoms with van der Waals surface area (Å²) in [6.07, 6.45) is 3.63. The molecular formula is C17H25N3O3S. The molecule has 7 heteroatoms. The smallest absolute Gasteiger partial charge is 0.240 e. The minimum atomic E-state index is -3.58. The molecule has 0 saturated carbocycles. The van der Waals surface area contributed by atoms with Crippen LogP contribution in [-0.4, -0.2) is 51.9 Å². The van der Waals surface area contributed by atoms with E-state index in [-0.39, 0.29) is 16.8 Å². The molecule has 2 heterocycles. The largest absolute Gasteiger partial charge is 0.312 e. The summed E-state index contributed by atoms with van der Waals surface area (Å²) >= 11 is 0. The van der Waals surface area contributed by atoms with E-state index in [0.717, 1.165) is 50.0 Å². The average Bonchev–Trinajstić information content (AvgIpc) is 2.53. The van der Waals surface area contributed by atoms with Crippen LogP contribution in [0.4, 0.5) is 5.69 Å². The van der Waals surface area contributed by atoms with Gasteiger partial charge in [0.05, 0.1) is 4.90 Å². The summed E-state index contributed by atoms with van der Waals surface area (Å²) in [4.78, 5) is 15.9. The van der Waals surface area contributed by atoms with Crippen LogP contribution < -0.4 is 9.62 Å². The number of likely N-dealkylation sites (N-methyl/N-ethyl adjacent to an activating group) is 1. The standard InChI is InChI=1S/C17H25N3O3S/c1-13(21)20-10-3-5-14-7-8-16(11-17(14)20)24(22,23)18-15-6-4-9-19(2)12-15/h7-8,11,15,18H,3-6,9-10,12H2,1-2H3. The Morgan fingerprint density at radius 2 is 2.04 bits per heavy atom. The lowest BCUT2D eigenvalue weighted by Gasteiger charge is -2.31. The van der Waals surface area contributed by atoms with Crippen molar-refractivity contribution in [1.29, 1.82) is 0 Å². The zero-order chi connectivity index (χ0) is 17.3. The minimum Gasteiger partial charge on any atom is -0.312 e. The van der Waals surface area contributed by atoms with Gasteiger partial charge in [-0.05, 0) is 57.0 Å². The predicted octanol–water partition coefficient (Wildman–Crippen LogP) is 1.36. The Morgan fingerprint density at radius 1 is 1.25 bits per heavy atom. The van der Waals surface area contributed by atoms with Gasteiger partial charge in [0.1, 0.15) is 0 Å². The van der Waals surface area contributed by atoms with Gasteiger partial charge < -0.3 is 9.80 Å². The van der Waals surface area contributed by atoms with Gasteiger partial charge in [-0.25, -0.2) is 13.1 Å². The van der Waals surface area contributed by atoms with Crippen LogP contribution >= 0.6 is 0 Å². The van der Waals surface area contributed by atoms with Crippen LogP contribution in [0.5, 0.6) is 0 Å². The highest BCUT2D eigenvalue weighted by molar-refractivity contribution is 7.89. The van der Waals surface area contributed by atoms with Gasteiger partial charge in [0, 0.05) is 31.7 Å². The first-order chi connectivity index (χ1) is 11.4. The topological polar surface area (TPSA) is 69.7 Å². The molecule has 0 radical (unpaired) electrons. The first-order valence-corrected chi connectivity index (χ1v) is 9.97. The lowest BCUT2D eigenvalue weighted by atomic mass is 10.0. The third kappa shape index (κ3) is 3.63. The van der Waals surface area contributed by atoms with E-state index < -0.39 is 10.0 Å². The van der Waals surface area contributed by atoms with Crippen molar-refractivity contribution < 1.29 is 13.2 Å². The van der Waals surface area contributed by atoms with Crippen molar-refractivity contribution in [3.05, 3.63) is 23.8 Å². The van der Waals surface area contributed by atoms with Gasteiger partial charge in [0.2, 0.25) is 15.9 Å². The highest BCUT2D eigenvalue weighted by atomic mass is 32.2. The fraction of sp³-hybridized carbons (Fsp3) is 0.588. The highest BCUT2D eigenvalue weighted by Gasteiger charge is 2.26. The number of carbonyl (C=O) groups is 1. The van der Waals surface area contributed by atoms with Crippen molar-refractivity contribution in [2.24, 2.45) is 0 Å². The number of amides is 1. The van der Waals surface area contributed by atoms with Crippen molar-refractivity contribution >= 4 is 21.6 Å². The predicted molar refractivity (Wildman–Crippen MR) is 93.6 cm³/mol. The fourth-order valence-electron chi connectivity index (χ4n) is 3.60. The fourth-order valence-corrected chi connectivity index (χ4v) is 4.88. The molecule has 0 spiro atoms. The van der Waals surface area contributed by atoms with Crippen molar-refractivity contribution in [2.75, 3.05) is 31.6 Å². The average molecular weight is 351 g/mol. The molecule has 3 rings (SSSR count). The number of benzene rings is 1. The van der Waals surface area contributed by atoms with E-state index in [2.05, 4.69) is 9.62 Å². The van der Waals surface area contributed by atoms with E-state index in [0.29, 0.717) is 6.54 Å². The Balaban J connectivity index is 1.86. The number of hydrogen-bond acceptors (Lipinski definition) is 4. The van der Waals surface area contributed by atoms with E-state index in [1.807, 2.05) is 13.1 Å². The van der Waals surface area contributed by atoms with Gasteiger partial charge >= 0.3 is 0 Å².